The van der Waals surface area contributed by atoms with Gasteiger partial charge in [0, 0.05) is 16.1 Å². The summed E-state index contributed by atoms with van der Waals surface area (Å²) in [6.45, 7) is 0.233. The minimum absolute atomic E-state index is 0.0455. The fourth-order valence-corrected chi connectivity index (χ4v) is 3.77. The number of nitrogens with zero attached hydrogens (tertiary/aromatic N) is 1. The van der Waals surface area contributed by atoms with Gasteiger partial charge >= 0.3 is 5.97 Å². The van der Waals surface area contributed by atoms with E-state index in [2.05, 4.69) is 20.9 Å². The number of aromatic carboxylic acids is 1. The van der Waals surface area contributed by atoms with E-state index in [-0.39, 0.29) is 23.7 Å². The maximum Gasteiger partial charge on any atom is 0.339 e. The number of fused-ring (bicyclic) bond motifs is 1. The van der Waals surface area contributed by atoms with E-state index in [4.69, 9.17) is 4.74 Å². The monoisotopic (exact) mass is 465 g/mol. The standard InChI is InChI=1S/C24H17BrFNO3/c25-21-12-20(24(28)29)23(30-14-16-4-2-1-3-5-16)22-19(21)11-17(13-27-22)10-15-6-8-18(26)9-7-15/h1-9,11-13H,10,14H2,(H,28,29). The first-order chi connectivity index (χ1) is 14.5. The van der Waals surface area contributed by atoms with E-state index in [1.807, 2.05) is 36.4 Å². The van der Waals surface area contributed by atoms with Crippen molar-refractivity contribution in [2.75, 3.05) is 0 Å². The number of benzene rings is 3. The number of carboxylic acids is 1. The molecule has 1 N–H and O–H groups in total. The average Bonchev–Trinajstić information content (AvgIpc) is 2.75. The summed E-state index contributed by atoms with van der Waals surface area (Å²) in [5, 5.41) is 10.4. The van der Waals surface area contributed by atoms with Gasteiger partial charge in [0.2, 0.25) is 0 Å². The van der Waals surface area contributed by atoms with Crippen molar-refractivity contribution < 1.29 is 19.0 Å². The molecule has 0 radical (unpaired) electrons. The smallest absolute Gasteiger partial charge is 0.339 e. The Hall–Kier alpha value is -3.25. The SMILES string of the molecule is O=C(O)c1cc(Br)c2cc(Cc3ccc(F)cc3)cnc2c1OCc1ccccc1. The predicted octanol–water partition coefficient (Wildman–Crippen LogP) is 6.00. The number of carboxylic acid groups (broad SMARTS) is 1. The molecule has 4 rings (SSSR count). The van der Waals surface area contributed by atoms with Crippen molar-refractivity contribution in [3.63, 3.8) is 0 Å². The minimum Gasteiger partial charge on any atom is -0.486 e. The molecular formula is C24H17BrFNO3. The van der Waals surface area contributed by atoms with Crippen LogP contribution in [0.1, 0.15) is 27.0 Å². The zero-order valence-corrected chi connectivity index (χ0v) is 17.4. The van der Waals surface area contributed by atoms with E-state index in [0.717, 1.165) is 22.1 Å². The molecule has 0 saturated carbocycles. The van der Waals surface area contributed by atoms with Gasteiger partial charge < -0.3 is 9.84 Å². The van der Waals surface area contributed by atoms with Crippen LogP contribution in [0, 0.1) is 5.82 Å². The van der Waals surface area contributed by atoms with Gasteiger partial charge in [-0.3, -0.25) is 4.98 Å². The molecule has 0 atom stereocenters. The highest BCUT2D eigenvalue weighted by Crippen LogP contribution is 2.35. The number of aromatic nitrogens is 1. The largest absolute Gasteiger partial charge is 0.486 e. The van der Waals surface area contributed by atoms with Crippen LogP contribution in [0.25, 0.3) is 10.9 Å². The summed E-state index contributed by atoms with van der Waals surface area (Å²) < 4.78 is 19.7. The van der Waals surface area contributed by atoms with Crippen molar-refractivity contribution in [3.8, 4) is 5.75 Å². The second-order valence-electron chi connectivity index (χ2n) is 6.86. The Balaban J connectivity index is 1.73. The molecular weight excluding hydrogens is 449 g/mol. The number of hydrogen-bond donors (Lipinski definition) is 1. The van der Waals surface area contributed by atoms with Crippen LogP contribution in [0.15, 0.2) is 77.4 Å². The highest BCUT2D eigenvalue weighted by atomic mass is 79.9. The fraction of sp³-hybridized carbons (Fsp3) is 0.0833. The van der Waals surface area contributed by atoms with E-state index >= 15 is 0 Å². The molecule has 0 spiro atoms. The lowest BCUT2D eigenvalue weighted by Crippen LogP contribution is -2.05. The number of pyridine rings is 1. The van der Waals surface area contributed by atoms with Gasteiger partial charge in [-0.15, -0.1) is 0 Å². The summed E-state index contributed by atoms with van der Waals surface area (Å²) in [4.78, 5) is 16.3. The van der Waals surface area contributed by atoms with Crippen molar-refractivity contribution in [1.82, 2.24) is 4.98 Å². The number of rotatable bonds is 6. The molecule has 0 aliphatic carbocycles. The number of carbonyl (C=O) groups is 1. The maximum atomic E-state index is 13.1. The number of hydrogen-bond acceptors (Lipinski definition) is 3. The summed E-state index contributed by atoms with van der Waals surface area (Å²) in [5.74, 6) is -1.13. The quantitative estimate of drug-likeness (QED) is 0.379. The molecule has 0 unspecified atom stereocenters. The molecule has 0 aliphatic rings. The van der Waals surface area contributed by atoms with Crippen molar-refractivity contribution in [3.05, 3.63) is 105 Å². The predicted molar refractivity (Wildman–Crippen MR) is 116 cm³/mol. The van der Waals surface area contributed by atoms with Crippen LogP contribution < -0.4 is 4.74 Å². The zero-order valence-electron chi connectivity index (χ0n) is 15.8. The van der Waals surface area contributed by atoms with Crippen LogP contribution in [0.4, 0.5) is 4.39 Å². The fourth-order valence-electron chi connectivity index (χ4n) is 3.24. The summed E-state index contributed by atoms with van der Waals surface area (Å²) in [6, 6.07) is 19.3. The van der Waals surface area contributed by atoms with Gasteiger partial charge in [0.15, 0.2) is 5.75 Å². The topological polar surface area (TPSA) is 59.4 Å². The lowest BCUT2D eigenvalue weighted by atomic mass is 10.0. The molecule has 1 aromatic heterocycles. The molecule has 0 bridgehead atoms. The second-order valence-corrected chi connectivity index (χ2v) is 7.71. The second kappa shape index (κ2) is 8.63. The number of halogens is 2. The Morgan fingerprint density at radius 2 is 1.73 bits per heavy atom. The highest BCUT2D eigenvalue weighted by Gasteiger charge is 2.19. The van der Waals surface area contributed by atoms with Crippen molar-refractivity contribution in [2.24, 2.45) is 0 Å². The van der Waals surface area contributed by atoms with Crippen molar-refractivity contribution in [1.29, 1.82) is 0 Å². The van der Waals surface area contributed by atoms with Crippen LogP contribution in [-0.2, 0) is 13.0 Å². The zero-order chi connectivity index (χ0) is 21.1. The summed E-state index contributed by atoms with van der Waals surface area (Å²) in [5.41, 5.74) is 3.32. The van der Waals surface area contributed by atoms with Crippen LogP contribution in [-0.4, -0.2) is 16.1 Å². The summed E-state index contributed by atoms with van der Waals surface area (Å²) in [6.07, 6.45) is 2.27. The molecule has 150 valence electrons. The Bertz CT molecular complexity index is 1210. The van der Waals surface area contributed by atoms with Crippen LogP contribution in [0.5, 0.6) is 5.75 Å². The van der Waals surface area contributed by atoms with Crippen LogP contribution in [0.3, 0.4) is 0 Å². The third-order valence-electron chi connectivity index (χ3n) is 4.71. The first-order valence-electron chi connectivity index (χ1n) is 9.27. The molecule has 0 aliphatic heterocycles. The van der Waals surface area contributed by atoms with E-state index < -0.39 is 5.97 Å². The van der Waals surface area contributed by atoms with E-state index in [9.17, 15) is 14.3 Å². The molecule has 30 heavy (non-hydrogen) atoms. The molecule has 1 heterocycles. The van der Waals surface area contributed by atoms with Crippen molar-refractivity contribution >= 4 is 32.8 Å². The first-order valence-corrected chi connectivity index (χ1v) is 10.1. The Kier molecular flexibility index (Phi) is 5.77. The Labute approximate surface area is 181 Å². The molecule has 4 nitrogen and oxygen atoms in total. The maximum absolute atomic E-state index is 13.1. The van der Waals surface area contributed by atoms with Gasteiger partial charge in [-0.1, -0.05) is 58.4 Å². The first kappa shape index (κ1) is 20.0. The summed E-state index contributed by atoms with van der Waals surface area (Å²) in [7, 11) is 0. The number of ether oxygens (including phenoxy) is 1. The van der Waals surface area contributed by atoms with Crippen LogP contribution >= 0.6 is 15.9 Å². The molecule has 6 heteroatoms. The van der Waals surface area contributed by atoms with Gasteiger partial charge in [0.25, 0.3) is 0 Å². The van der Waals surface area contributed by atoms with E-state index in [1.54, 1.807) is 18.3 Å². The van der Waals surface area contributed by atoms with Crippen molar-refractivity contribution in [2.45, 2.75) is 13.0 Å². The molecule has 0 amide bonds. The molecule has 4 aromatic rings. The average molecular weight is 466 g/mol. The third-order valence-corrected chi connectivity index (χ3v) is 5.37. The normalized spacial score (nSPS) is 10.9. The van der Waals surface area contributed by atoms with Gasteiger partial charge in [0.05, 0.1) is 0 Å². The lowest BCUT2D eigenvalue weighted by Gasteiger charge is -2.14. The Morgan fingerprint density at radius 3 is 2.43 bits per heavy atom. The van der Waals surface area contributed by atoms with Gasteiger partial charge in [-0.25, -0.2) is 9.18 Å². The highest BCUT2D eigenvalue weighted by molar-refractivity contribution is 9.10. The van der Waals surface area contributed by atoms with Crippen LogP contribution in [0.2, 0.25) is 0 Å². The molecule has 0 fully saturated rings. The Morgan fingerprint density at radius 1 is 1.00 bits per heavy atom. The van der Waals surface area contributed by atoms with Gasteiger partial charge in [-0.2, -0.15) is 0 Å². The van der Waals surface area contributed by atoms with Gasteiger partial charge in [0.1, 0.15) is 23.5 Å². The summed E-state index contributed by atoms with van der Waals surface area (Å²) >= 11 is 3.47. The molecule has 0 saturated heterocycles. The third kappa shape index (κ3) is 4.33. The van der Waals surface area contributed by atoms with Gasteiger partial charge in [-0.05, 0) is 47.4 Å². The minimum atomic E-state index is -1.09. The molecule has 3 aromatic carbocycles. The van der Waals surface area contributed by atoms with E-state index in [1.165, 1.54) is 18.2 Å². The van der Waals surface area contributed by atoms with E-state index in [0.29, 0.717) is 16.4 Å². The lowest BCUT2D eigenvalue weighted by molar-refractivity contribution is 0.0692.